The van der Waals surface area contributed by atoms with E-state index in [1.54, 1.807) is 6.26 Å². The highest BCUT2D eigenvalue weighted by Crippen LogP contribution is 1.99. The molecule has 20 heavy (non-hydrogen) atoms. The van der Waals surface area contributed by atoms with Gasteiger partial charge in [0.2, 0.25) is 0 Å². The summed E-state index contributed by atoms with van der Waals surface area (Å²) in [4.78, 5) is 4.63. The zero-order valence-corrected chi connectivity index (χ0v) is 13.1. The maximum absolute atomic E-state index is 5.33. The lowest BCUT2D eigenvalue weighted by Gasteiger charge is -2.16. The van der Waals surface area contributed by atoms with Crippen molar-refractivity contribution in [3.05, 3.63) is 24.2 Å². The highest BCUT2D eigenvalue weighted by atomic mass is 16.3. The third-order valence-corrected chi connectivity index (χ3v) is 3.27. The van der Waals surface area contributed by atoms with Crippen LogP contribution in [0.15, 0.2) is 27.8 Å². The van der Waals surface area contributed by atoms with Crippen LogP contribution < -0.4 is 10.6 Å². The van der Waals surface area contributed by atoms with Crippen LogP contribution in [0.3, 0.4) is 0 Å². The Morgan fingerprint density at radius 1 is 1.35 bits per heavy atom. The fourth-order valence-corrected chi connectivity index (χ4v) is 1.80. The molecular formula is C16H29N3O. The van der Waals surface area contributed by atoms with Gasteiger partial charge in [-0.1, -0.05) is 26.7 Å². The van der Waals surface area contributed by atoms with Gasteiger partial charge >= 0.3 is 0 Å². The van der Waals surface area contributed by atoms with Gasteiger partial charge in [-0.2, -0.15) is 0 Å². The van der Waals surface area contributed by atoms with Crippen molar-refractivity contribution >= 4 is 5.96 Å². The molecule has 0 saturated carbocycles. The van der Waals surface area contributed by atoms with E-state index in [0.717, 1.165) is 44.1 Å². The van der Waals surface area contributed by atoms with E-state index < -0.39 is 0 Å². The molecule has 0 saturated heterocycles. The Labute approximate surface area is 123 Å². The fraction of sp³-hybridized carbons (Fsp3) is 0.688. The quantitative estimate of drug-likeness (QED) is 0.414. The molecule has 0 radical (unpaired) electrons. The summed E-state index contributed by atoms with van der Waals surface area (Å²) >= 11 is 0. The molecule has 4 heteroatoms. The Hall–Kier alpha value is -1.45. The Bertz CT molecular complexity index is 360. The van der Waals surface area contributed by atoms with Crippen molar-refractivity contribution in [3.63, 3.8) is 0 Å². The van der Waals surface area contributed by atoms with Crippen LogP contribution in [-0.4, -0.2) is 25.1 Å². The van der Waals surface area contributed by atoms with E-state index >= 15 is 0 Å². The summed E-state index contributed by atoms with van der Waals surface area (Å²) in [6.07, 6.45) is 7.31. The molecule has 1 atom stereocenters. The fourth-order valence-electron chi connectivity index (χ4n) is 1.80. The molecule has 0 amide bonds. The first-order valence-corrected chi connectivity index (χ1v) is 7.83. The minimum atomic E-state index is 0.441. The predicted octanol–water partition coefficient (Wildman–Crippen LogP) is 3.35. The van der Waals surface area contributed by atoms with Gasteiger partial charge in [-0.25, -0.2) is 0 Å². The smallest absolute Gasteiger partial charge is 0.191 e. The third-order valence-electron chi connectivity index (χ3n) is 3.27. The van der Waals surface area contributed by atoms with Crippen molar-refractivity contribution in [2.24, 2.45) is 4.99 Å². The molecule has 0 aliphatic rings. The van der Waals surface area contributed by atoms with Crippen LogP contribution in [0.4, 0.5) is 0 Å². The van der Waals surface area contributed by atoms with E-state index in [0.29, 0.717) is 6.04 Å². The topological polar surface area (TPSA) is 49.6 Å². The van der Waals surface area contributed by atoms with Crippen LogP contribution in [0, 0.1) is 0 Å². The highest BCUT2D eigenvalue weighted by molar-refractivity contribution is 5.80. The number of furan rings is 1. The van der Waals surface area contributed by atoms with Gasteiger partial charge in [0.1, 0.15) is 5.76 Å². The Kier molecular flexibility index (Phi) is 8.59. The summed E-state index contributed by atoms with van der Waals surface area (Å²) in [6, 6.07) is 4.37. The molecule has 0 spiro atoms. The summed E-state index contributed by atoms with van der Waals surface area (Å²) in [7, 11) is 0. The Morgan fingerprint density at radius 2 is 2.20 bits per heavy atom. The van der Waals surface area contributed by atoms with Crippen molar-refractivity contribution in [1.82, 2.24) is 10.6 Å². The predicted molar refractivity (Wildman–Crippen MR) is 85.1 cm³/mol. The second-order valence-electron chi connectivity index (χ2n) is 5.15. The number of hydrogen-bond donors (Lipinski definition) is 2. The average Bonchev–Trinajstić information content (AvgIpc) is 2.96. The largest absolute Gasteiger partial charge is 0.469 e. The van der Waals surface area contributed by atoms with Crippen molar-refractivity contribution in [2.45, 2.75) is 58.9 Å². The summed E-state index contributed by atoms with van der Waals surface area (Å²) in [5.41, 5.74) is 0. The molecule has 4 nitrogen and oxygen atoms in total. The van der Waals surface area contributed by atoms with Gasteiger partial charge in [0.15, 0.2) is 5.96 Å². The molecule has 1 unspecified atom stereocenters. The van der Waals surface area contributed by atoms with Crippen LogP contribution in [0.2, 0.25) is 0 Å². The Morgan fingerprint density at radius 3 is 2.85 bits per heavy atom. The molecule has 1 aromatic heterocycles. The van der Waals surface area contributed by atoms with Gasteiger partial charge < -0.3 is 15.1 Å². The van der Waals surface area contributed by atoms with Gasteiger partial charge in [-0.3, -0.25) is 4.99 Å². The second kappa shape index (κ2) is 10.4. The first kappa shape index (κ1) is 16.6. The molecule has 0 fully saturated rings. The van der Waals surface area contributed by atoms with E-state index in [1.807, 2.05) is 12.1 Å². The number of unbranched alkanes of at least 4 members (excludes halogenated alkanes) is 2. The number of guanidine groups is 1. The standard InChI is InChI=1S/C16H29N3O/c1-4-6-7-11-17-16(19-14(3)5-2)18-12-10-15-9-8-13-20-15/h8-9,13-14H,4-7,10-12H2,1-3H3,(H2,17,18,19). The lowest BCUT2D eigenvalue weighted by atomic mass is 10.2. The van der Waals surface area contributed by atoms with Crippen molar-refractivity contribution in [1.29, 1.82) is 0 Å². The molecule has 0 aromatic carbocycles. The van der Waals surface area contributed by atoms with Gasteiger partial charge in [-0.15, -0.1) is 0 Å². The molecule has 1 heterocycles. The third kappa shape index (κ3) is 7.22. The SMILES string of the molecule is CCCCCN=C(NCCc1ccco1)NC(C)CC. The van der Waals surface area contributed by atoms with Crippen LogP contribution in [0.25, 0.3) is 0 Å². The van der Waals surface area contributed by atoms with Gasteiger partial charge in [0.05, 0.1) is 6.26 Å². The maximum Gasteiger partial charge on any atom is 0.191 e. The van der Waals surface area contributed by atoms with E-state index in [-0.39, 0.29) is 0 Å². The minimum Gasteiger partial charge on any atom is -0.469 e. The number of nitrogens with one attached hydrogen (secondary N) is 2. The number of hydrogen-bond acceptors (Lipinski definition) is 2. The summed E-state index contributed by atoms with van der Waals surface area (Å²) in [5.74, 6) is 1.92. The second-order valence-corrected chi connectivity index (χ2v) is 5.15. The molecule has 114 valence electrons. The number of rotatable bonds is 9. The molecule has 0 aliphatic heterocycles. The molecule has 0 aliphatic carbocycles. The average molecular weight is 279 g/mol. The van der Waals surface area contributed by atoms with Crippen molar-refractivity contribution < 1.29 is 4.42 Å². The van der Waals surface area contributed by atoms with E-state index in [1.165, 1.54) is 12.8 Å². The molecule has 2 N–H and O–H groups in total. The van der Waals surface area contributed by atoms with Gasteiger partial charge in [0.25, 0.3) is 0 Å². The number of aliphatic imine (C=N–C) groups is 1. The summed E-state index contributed by atoms with van der Waals surface area (Å²) in [6.45, 7) is 8.29. The number of nitrogens with zero attached hydrogens (tertiary/aromatic N) is 1. The Balaban J connectivity index is 2.35. The first-order valence-electron chi connectivity index (χ1n) is 7.83. The van der Waals surface area contributed by atoms with E-state index in [9.17, 15) is 0 Å². The summed E-state index contributed by atoms with van der Waals surface area (Å²) in [5, 5.41) is 6.81. The molecule has 0 bridgehead atoms. The lowest BCUT2D eigenvalue weighted by Crippen LogP contribution is -2.42. The first-order chi connectivity index (χ1) is 9.76. The van der Waals surface area contributed by atoms with E-state index in [4.69, 9.17) is 4.42 Å². The van der Waals surface area contributed by atoms with Crippen LogP contribution in [0.1, 0.15) is 52.2 Å². The summed E-state index contributed by atoms with van der Waals surface area (Å²) < 4.78 is 5.33. The highest BCUT2D eigenvalue weighted by Gasteiger charge is 2.03. The normalized spacial score (nSPS) is 13.2. The lowest BCUT2D eigenvalue weighted by molar-refractivity contribution is 0.506. The molecular weight excluding hydrogens is 250 g/mol. The van der Waals surface area contributed by atoms with Gasteiger partial charge in [0, 0.05) is 25.6 Å². The zero-order valence-electron chi connectivity index (χ0n) is 13.1. The zero-order chi connectivity index (χ0) is 14.6. The van der Waals surface area contributed by atoms with Crippen molar-refractivity contribution in [3.8, 4) is 0 Å². The molecule has 1 rings (SSSR count). The van der Waals surface area contributed by atoms with Crippen LogP contribution in [-0.2, 0) is 6.42 Å². The minimum absolute atomic E-state index is 0.441. The van der Waals surface area contributed by atoms with Crippen LogP contribution >= 0.6 is 0 Å². The van der Waals surface area contributed by atoms with Gasteiger partial charge in [-0.05, 0) is 31.9 Å². The van der Waals surface area contributed by atoms with E-state index in [2.05, 4.69) is 36.4 Å². The van der Waals surface area contributed by atoms with Crippen LogP contribution in [0.5, 0.6) is 0 Å². The monoisotopic (exact) mass is 279 g/mol. The van der Waals surface area contributed by atoms with Crippen molar-refractivity contribution in [2.75, 3.05) is 13.1 Å². The maximum atomic E-state index is 5.33. The molecule has 1 aromatic rings.